The van der Waals surface area contributed by atoms with Crippen LogP contribution in [0, 0.1) is 0 Å². The molecule has 5 aromatic heterocycles. The van der Waals surface area contributed by atoms with Crippen molar-refractivity contribution in [1.29, 1.82) is 0 Å². The van der Waals surface area contributed by atoms with E-state index in [2.05, 4.69) is 47.2 Å². The molecule has 6 heterocycles. The fraction of sp³-hybridized carbons (Fsp3) is 0.207. The van der Waals surface area contributed by atoms with Gasteiger partial charge in [0.05, 0.1) is 17.3 Å². The van der Waals surface area contributed by atoms with Gasteiger partial charge in [-0.05, 0) is 43.0 Å². The van der Waals surface area contributed by atoms with Gasteiger partial charge >= 0.3 is 0 Å². The molecule has 188 valence electrons. The van der Waals surface area contributed by atoms with Crippen LogP contribution in [0.25, 0.3) is 44.8 Å². The minimum Gasteiger partial charge on any atom is -0.487 e. The van der Waals surface area contributed by atoms with Gasteiger partial charge in [0.25, 0.3) is 0 Å². The highest BCUT2D eigenvalue weighted by atomic mass is 16.5. The third-order valence-electron chi connectivity index (χ3n) is 7.01. The second-order valence-electron chi connectivity index (χ2n) is 9.54. The Morgan fingerprint density at radius 2 is 1.74 bits per heavy atom. The lowest BCUT2D eigenvalue weighted by Gasteiger charge is -2.28. The Balaban J connectivity index is 1.22. The molecule has 0 atom stereocenters. The number of benzene rings is 1. The molecule has 38 heavy (non-hydrogen) atoms. The zero-order chi connectivity index (χ0) is 25.3. The standard InChI is InChI=1S/C29H26N8O/c1-3-7-19(8-4-1)18-38-22-13-20(15-30-17-22)21-14-23-25(35-36-27(23)32-16-21)29-33-26-24(9-10-31-28(26)34-29)37-11-5-2-6-12-37/h1,3-4,7-10,13-17H,2,5-6,11-12,18H2,(H,31,33,34)(H,32,35,36). The summed E-state index contributed by atoms with van der Waals surface area (Å²) >= 11 is 0. The average molecular weight is 503 g/mol. The number of nitrogens with one attached hydrogen (secondary N) is 2. The summed E-state index contributed by atoms with van der Waals surface area (Å²) in [5, 5.41) is 8.43. The maximum Gasteiger partial charge on any atom is 0.181 e. The van der Waals surface area contributed by atoms with Gasteiger partial charge in [0.15, 0.2) is 17.1 Å². The number of fused-ring (bicyclic) bond motifs is 2. The summed E-state index contributed by atoms with van der Waals surface area (Å²) in [6.07, 6.45) is 10.9. The Labute approximate surface area is 219 Å². The van der Waals surface area contributed by atoms with Crippen LogP contribution in [-0.4, -0.2) is 48.2 Å². The molecule has 1 fully saturated rings. The number of anilines is 1. The molecule has 1 aliphatic heterocycles. The van der Waals surface area contributed by atoms with Gasteiger partial charge in [-0.15, -0.1) is 0 Å². The second kappa shape index (κ2) is 9.59. The number of ether oxygens (including phenoxy) is 1. The third kappa shape index (κ3) is 4.21. The summed E-state index contributed by atoms with van der Waals surface area (Å²) in [6.45, 7) is 2.58. The summed E-state index contributed by atoms with van der Waals surface area (Å²) in [5.41, 5.74) is 7.13. The van der Waals surface area contributed by atoms with E-state index in [4.69, 9.17) is 9.72 Å². The highest BCUT2D eigenvalue weighted by Crippen LogP contribution is 2.32. The number of rotatable bonds is 6. The summed E-state index contributed by atoms with van der Waals surface area (Å²) < 4.78 is 5.99. The molecule has 0 aliphatic carbocycles. The van der Waals surface area contributed by atoms with Crippen LogP contribution in [0.5, 0.6) is 5.75 Å². The second-order valence-corrected chi connectivity index (χ2v) is 9.54. The van der Waals surface area contributed by atoms with Gasteiger partial charge < -0.3 is 14.6 Å². The summed E-state index contributed by atoms with van der Waals surface area (Å²) in [6, 6.07) is 16.2. The smallest absolute Gasteiger partial charge is 0.181 e. The number of piperidine rings is 1. The predicted molar refractivity (Wildman–Crippen MR) is 147 cm³/mol. The van der Waals surface area contributed by atoms with Crippen molar-refractivity contribution in [3.05, 3.63) is 78.9 Å². The van der Waals surface area contributed by atoms with Crippen LogP contribution in [0.3, 0.4) is 0 Å². The molecule has 2 N–H and O–H groups in total. The Morgan fingerprint density at radius 3 is 2.63 bits per heavy atom. The maximum atomic E-state index is 5.99. The number of H-pyrrole nitrogens is 2. The monoisotopic (exact) mass is 502 g/mol. The van der Waals surface area contributed by atoms with Gasteiger partial charge in [0, 0.05) is 42.8 Å². The van der Waals surface area contributed by atoms with Crippen LogP contribution in [0.4, 0.5) is 5.69 Å². The van der Waals surface area contributed by atoms with E-state index >= 15 is 0 Å². The number of pyridine rings is 3. The number of aromatic nitrogens is 7. The number of imidazole rings is 1. The largest absolute Gasteiger partial charge is 0.487 e. The van der Waals surface area contributed by atoms with Crippen LogP contribution >= 0.6 is 0 Å². The number of nitrogens with zero attached hydrogens (tertiary/aromatic N) is 6. The molecule has 0 radical (unpaired) electrons. The first-order valence-electron chi connectivity index (χ1n) is 12.9. The molecule has 0 unspecified atom stereocenters. The summed E-state index contributed by atoms with van der Waals surface area (Å²) in [7, 11) is 0. The summed E-state index contributed by atoms with van der Waals surface area (Å²) in [4.78, 5) is 24.2. The minimum atomic E-state index is 0.481. The molecule has 0 amide bonds. The summed E-state index contributed by atoms with van der Waals surface area (Å²) in [5.74, 6) is 1.39. The molecule has 0 spiro atoms. The Hall–Kier alpha value is -4.79. The first-order chi connectivity index (χ1) is 18.8. The third-order valence-corrected chi connectivity index (χ3v) is 7.01. The highest BCUT2D eigenvalue weighted by molar-refractivity contribution is 5.95. The number of hydrogen-bond acceptors (Lipinski definition) is 7. The lowest BCUT2D eigenvalue weighted by atomic mass is 10.1. The Kier molecular flexibility index (Phi) is 5.65. The predicted octanol–water partition coefficient (Wildman–Crippen LogP) is 5.53. The van der Waals surface area contributed by atoms with Gasteiger partial charge in [-0.2, -0.15) is 5.10 Å². The highest BCUT2D eigenvalue weighted by Gasteiger charge is 2.19. The van der Waals surface area contributed by atoms with Gasteiger partial charge in [-0.1, -0.05) is 30.3 Å². The van der Waals surface area contributed by atoms with Crippen molar-refractivity contribution in [1.82, 2.24) is 35.1 Å². The van der Waals surface area contributed by atoms with Gasteiger partial charge in [-0.25, -0.2) is 15.0 Å². The molecule has 0 bridgehead atoms. The zero-order valence-corrected chi connectivity index (χ0v) is 20.8. The van der Waals surface area contributed by atoms with Gasteiger partial charge in [0.2, 0.25) is 0 Å². The van der Waals surface area contributed by atoms with Gasteiger partial charge in [0.1, 0.15) is 23.6 Å². The van der Waals surface area contributed by atoms with E-state index in [9.17, 15) is 0 Å². The molecule has 1 saturated heterocycles. The molecule has 9 nitrogen and oxygen atoms in total. The van der Waals surface area contributed by atoms with Crippen LogP contribution in [-0.2, 0) is 6.61 Å². The van der Waals surface area contributed by atoms with Crippen molar-refractivity contribution in [2.45, 2.75) is 25.9 Å². The van der Waals surface area contributed by atoms with Crippen LogP contribution in [0.15, 0.2) is 73.3 Å². The lowest BCUT2D eigenvalue weighted by molar-refractivity contribution is 0.305. The fourth-order valence-corrected chi connectivity index (χ4v) is 5.05. The molecule has 0 saturated carbocycles. The fourth-order valence-electron chi connectivity index (χ4n) is 5.05. The van der Waals surface area contributed by atoms with Gasteiger partial charge in [-0.3, -0.25) is 10.1 Å². The van der Waals surface area contributed by atoms with E-state index < -0.39 is 0 Å². The molecule has 6 aromatic rings. The Bertz CT molecular complexity index is 1720. The van der Waals surface area contributed by atoms with Crippen molar-refractivity contribution >= 4 is 27.9 Å². The number of hydrogen-bond donors (Lipinski definition) is 2. The van der Waals surface area contributed by atoms with E-state index in [0.29, 0.717) is 29.5 Å². The van der Waals surface area contributed by atoms with E-state index in [-0.39, 0.29) is 0 Å². The van der Waals surface area contributed by atoms with Crippen molar-refractivity contribution in [2.75, 3.05) is 18.0 Å². The zero-order valence-electron chi connectivity index (χ0n) is 20.8. The van der Waals surface area contributed by atoms with Crippen molar-refractivity contribution in [3.8, 4) is 28.4 Å². The van der Waals surface area contributed by atoms with Crippen LogP contribution < -0.4 is 9.64 Å². The SMILES string of the molecule is c1ccc(COc2cncc(-c3cnc4n[nH]c(-c5nc6nccc(N7CCCCC7)c6[nH]5)c4c3)c2)cc1. The van der Waals surface area contributed by atoms with Crippen molar-refractivity contribution in [2.24, 2.45) is 0 Å². The number of aromatic amines is 2. The van der Waals surface area contributed by atoms with Crippen LogP contribution in [0.2, 0.25) is 0 Å². The van der Waals surface area contributed by atoms with Crippen molar-refractivity contribution in [3.63, 3.8) is 0 Å². The Morgan fingerprint density at radius 1 is 0.868 bits per heavy atom. The molecular formula is C29H26N8O. The molecular weight excluding hydrogens is 476 g/mol. The van der Waals surface area contributed by atoms with Crippen molar-refractivity contribution < 1.29 is 4.74 Å². The van der Waals surface area contributed by atoms with E-state index in [1.807, 2.05) is 48.8 Å². The topological polar surface area (TPSA) is 108 Å². The quantitative estimate of drug-likeness (QED) is 0.308. The van der Waals surface area contributed by atoms with Crippen LogP contribution in [0.1, 0.15) is 24.8 Å². The van der Waals surface area contributed by atoms with E-state index in [1.165, 1.54) is 19.3 Å². The maximum absolute atomic E-state index is 5.99. The minimum absolute atomic E-state index is 0.481. The molecule has 9 heteroatoms. The molecule has 7 rings (SSSR count). The lowest BCUT2D eigenvalue weighted by Crippen LogP contribution is -2.29. The average Bonchev–Trinajstić information content (AvgIpc) is 3.61. The molecule has 1 aromatic carbocycles. The first-order valence-corrected chi connectivity index (χ1v) is 12.9. The normalized spacial score (nSPS) is 13.8. The van der Waals surface area contributed by atoms with E-state index in [1.54, 1.807) is 12.4 Å². The molecule has 1 aliphatic rings. The van der Waals surface area contributed by atoms with E-state index in [0.717, 1.165) is 52.1 Å². The first kappa shape index (κ1) is 22.4.